The van der Waals surface area contributed by atoms with Crippen LogP contribution in [-0.2, 0) is 9.63 Å². The molecule has 0 fully saturated rings. The number of rotatable bonds is 8. The minimum absolute atomic E-state index is 0.209. The number of methoxy groups -OCH3 is 1. The number of nitrogens with one attached hydrogen (secondary N) is 2. The molecule has 6 nitrogen and oxygen atoms in total. The van der Waals surface area contributed by atoms with Crippen molar-refractivity contribution >= 4 is 11.9 Å². The smallest absolute Gasteiger partial charge is 0.358 e. The minimum atomic E-state index is -0.584. The number of hydrogen-bond donors (Lipinski definition) is 2. The van der Waals surface area contributed by atoms with Gasteiger partial charge < -0.3 is 9.57 Å². The summed E-state index contributed by atoms with van der Waals surface area (Å²) in [7, 11) is 1.54. The molecule has 0 aromatic heterocycles. The summed E-state index contributed by atoms with van der Waals surface area (Å²) in [5.74, 6) is -0.189. The summed E-state index contributed by atoms with van der Waals surface area (Å²) in [5.41, 5.74) is 5.91. The van der Waals surface area contributed by atoms with Crippen LogP contribution in [0.2, 0.25) is 0 Å². The Labute approximate surface area is 143 Å². The molecule has 134 valence electrons. The fourth-order valence-corrected chi connectivity index (χ4v) is 2.24. The van der Waals surface area contributed by atoms with Gasteiger partial charge in [0.1, 0.15) is 5.75 Å². The maximum Gasteiger partial charge on any atom is 0.358 e. The number of ether oxygens (including phenoxy) is 1. The van der Waals surface area contributed by atoms with Gasteiger partial charge in [-0.05, 0) is 37.3 Å². The van der Waals surface area contributed by atoms with Crippen molar-refractivity contribution in [2.75, 3.05) is 7.11 Å². The van der Waals surface area contributed by atoms with Gasteiger partial charge in [-0.15, -0.1) is 0 Å². The van der Waals surface area contributed by atoms with Crippen LogP contribution in [0.15, 0.2) is 18.2 Å². The molecule has 1 aromatic carbocycles. The molecule has 1 amide bonds. The molecule has 2 N–H and O–H groups in total. The summed E-state index contributed by atoms with van der Waals surface area (Å²) >= 11 is 0. The molecule has 0 aliphatic heterocycles. The Hall–Kier alpha value is -2.08. The third kappa shape index (κ3) is 7.00. The Kier molecular flexibility index (Phi) is 7.71. The first kappa shape index (κ1) is 20.0. The van der Waals surface area contributed by atoms with Crippen LogP contribution >= 0.6 is 0 Å². The Morgan fingerprint density at radius 2 is 1.88 bits per heavy atom. The third-order valence-corrected chi connectivity index (χ3v) is 3.64. The molecule has 0 saturated heterocycles. The van der Waals surface area contributed by atoms with Crippen molar-refractivity contribution in [1.29, 1.82) is 0 Å². The van der Waals surface area contributed by atoms with E-state index in [2.05, 4.69) is 31.8 Å². The maximum absolute atomic E-state index is 12.0. The van der Waals surface area contributed by atoms with E-state index in [9.17, 15) is 9.59 Å². The molecular weight excluding hydrogens is 308 g/mol. The van der Waals surface area contributed by atoms with Gasteiger partial charge in [0.15, 0.2) is 0 Å². The van der Waals surface area contributed by atoms with Crippen molar-refractivity contribution in [3.05, 3.63) is 29.3 Å². The largest absolute Gasteiger partial charge is 0.496 e. The molecule has 6 heteroatoms. The van der Waals surface area contributed by atoms with E-state index < -0.39 is 5.97 Å². The predicted molar refractivity (Wildman–Crippen MR) is 92.3 cm³/mol. The summed E-state index contributed by atoms with van der Waals surface area (Å²) in [4.78, 5) is 28.5. The van der Waals surface area contributed by atoms with Gasteiger partial charge in [0.2, 0.25) is 5.91 Å². The topological polar surface area (TPSA) is 76.7 Å². The lowest BCUT2D eigenvalue weighted by Crippen LogP contribution is -2.38. The normalized spacial score (nSPS) is 11.0. The minimum Gasteiger partial charge on any atom is -0.496 e. The molecular formula is C18H28N2O4. The van der Waals surface area contributed by atoms with Crippen LogP contribution in [0.3, 0.4) is 0 Å². The second kappa shape index (κ2) is 9.27. The van der Waals surface area contributed by atoms with Crippen LogP contribution < -0.4 is 15.8 Å². The molecule has 0 spiro atoms. The van der Waals surface area contributed by atoms with Gasteiger partial charge in [-0.2, -0.15) is 0 Å². The SMILES string of the molecule is COc1cccc(C(=O)ONNC(=O)CCCCC(C)(C)C)c1C. The fraction of sp³-hybridized carbons (Fsp3) is 0.556. The van der Waals surface area contributed by atoms with Gasteiger partial charge in [0.25, 0.3) is 0 Å². The fourth-order valence-electron chi connectivity index (χ4n) is 2.24. The molecule has 0 aliphatic carbocycles. The second-order valence-electron chi connectivity index (χ2n) is 6.94. The standard InChI is InChI=1S/C18H28N2O4/c1-13-14(9-8-10-15(13)23-5)17(22)24-20-19-16(21)11-6-7-12-18(2,3)4/h8-10,20H,6-7,11-12H2,1-5H3,(H,19,21). The van der Waals surface area contributed by atoms with Gasteiger partial charge >= 0.3 is 5.97 Å². The number of benzene rings is 1. The van der Waals surface area contributed by atoms with E-state index in [0.717, 1.165) is 19.3 Å². The summed E-state index contributed by atoms with van der Waals surface area (Å²) in [6.45, 7) is 8.29. The number of unbranched alkanes of at least 4 members (excludes halogenated alkanes) is 1. The molecule has 0 aliphatic rings. The quantitative estimate of drug-likeness (QED) is 0.563. The predicted octanol–water partition coefficient (Wildman–Crippen LogP) is 3.30. The van der Waals surface area contributed by atoms with Crippen LogP contribution in [0, 0.1) is 12.3 Å². The summed E-state index contributed by atoms with van der Waals surface area (Å²) in [5, 5.41) is 0. The van der Waals surface area contributed by atoms with Crippen LogP contribution in [0.4, 0.5) is 0 Å². The molecule has 0 saturated carbocycles. The molecule has 0 heterocycles. The first-order valence-corrected chi connectivity index (χ1v) is 8.13. The van der Waals surface area contributed by atoms with Crippen molar-refractivity contribution in [2.45, 2.75) is 53.4 Å². The lowest BCUT2D eigenvalue weighted by atomic mass is 9.89. The molecule has 1 aromatic rings. The number of hydrazine groups is 1. The van der Waals surface area contributed by atoms with E-state index in [0.29, 0.717) is 23.3 Å². The molecule has 0 bridgehead atoms. The van der Waals surface area contributed by atoms with E-state index in [4.69, 9.17) is 9.57 Å². The number of carbonyl (C=O) groups excluding carboxylic acids is 2. The van der Waals surface area contributed by atoms with Gasteiger partial charge in [0.05, 0.1) is 12.7 Å². The molecule has 24 heavy (non-hydrogen) atoms. The Morgan fingerprint density at radius 1 is 1.17 bits per heavy atom. The highest BCUT2D eigenvalue weighted by Crippen LogP contribution is 2.22. The van der Waals surface area contributed by atoms with Crippen LogP contribution in [-0.4, -0.2) is 19.0 Å². The lowest BCUT2D eigenvalue weighted by Gasteiger charge is -2.17. The summed E-state index contributed by atoms with van der Waals surface area (Å²) < 4.78 is 5.16. The molecule has 0 radical (unpaired) electrons. The van der Waals surface area contributed by atoms with Crippen LogP contribution in [0.5, 0.6) is 5.75 Å². The number of amides is 1. The Morgan fingerprint density at radius 3 is 2.50 bits per heavy atom. The number of hydrogen-bond acceptors (Lipinski definition) is 5. The van der Waals surface area contributed by atoms with Crippen molar-refractivity contribution in [2.24, 2.45) is 5.41 Å². The van der Waals surface area contributed by atoms with Crippen molar-refractivity contribution in [1.82, 2.24) is 11.0 Å². The molecule has 0 atom stereocenters. The third-order valence-electron chi connectivity index (χ3n) is 3.64. The first-order chi connectivity index (χ1) is 11.2. The van der Waals surface area contributed by atoms with Crippen molar-refractivity contribution < 1.29 is 19.2 Å². The highest BCUT2D eigenvalue weighted by molar-refractivity contribution is 5.91. The summed E-state index contributed by atoms with van der Waals surface area (Å²) in [6, 6.07) is 5.10. The van der Waals surface area contributed by atoms with Crippen molar-refractivity contribution in [3.63, 3.8) is 0 Å². The van der Waals surface area contributed by atoms with Gasteiger partial charge in [0, 0.05) is 12.0 Å². The van der Waals surface area contributed by atoms with E-state index in [1.165, 1.54) is 7.11 Å². The average Bonchev–Trinajstić information content (AvgIpc) is 2.50. The van der Waals surface area contributed by atoms with Crippen molar-refractivity contribution in [3.8, 4) is 5.75 Å². The zero-order chi connectivity index (χ0) is 18.2. The van der Waals surface area contributed by atoms with E-state index >= 15 is 0 Å². The monoisotopic (exact) mass is 336 g/mol. The highest BCUT2D eigenvalue weighted by Gasteiger charge is 2.14. The first-order valence-electron chi connectivity index (χ1n) is 8.13. The van der Waals surface area contributed by atoms with Gasteiger partial charge in [-0.25, -0.2) is 4.79 Å². The van der Waals surface area contributed by atoms with Crippen LogP contribution in [0.1, 0.15) is 62.4 Å². The second-order valence-corrected chi connectivity index (χ2v) is 6.94. The zero-order valence-electron chi connectivity index (χ0n) is 15.2. The van der Waals surface area contributed by atoms with Gasteiger partial charge in [-0.1, -0.05) is 38.8 Å². The Bertz CT molecular complexity index is 565. The Balaban J connectivity index is 2.32. The van der Waals surface area contributed by atoms with E-state index in [1.54, 1.807) is 25.1 Å². The molecule has 1 rings (SSSR count). The average molecular weight is 336 g/mol. The van der Waals surface area contributed by atoms with E-state index in [1.807, 2.05) is 0 Å². The van der Waals surface area contributed by atoms with Crippen LogP contribution in [0.25, 0.3) is 0 Å². The molecule has 0 unspecified atom stereocenters. The zero-order valence-corrected chi connectivity index (χ0v) is 15.2. The van der Waals surface area contributed by atoms with E-state index in [-0.39, 0.29) is 11.3 Å². The van der Waals surface area contributed by atoms with Gasteiger partial charge in [-0.3, -0.25) is 10.2 Å². The highest BCUT2D eigenvalue weighted by atomic mass is 16.7. The maximum atomic E-state index is 12.0. The lowest BCUT2D eigenvalue weighted by molar-refractivity contribution is -0.125. The number of carbonyl (C=O) groups is 2. The summed E-state index contributed by atoms with van der Waals surface area (Å²) in [6.07, 6.45) is 3.24.